The lowest BCUT2D eigenvalue weighted by molar-refractivity contribution is -0.119. The van der Waals surface area contributed by atoms with Crippen LogP contribution < -0.4 is 20.1 Å². The Hall–Kier alpha value is -2.64. The van der Waals surface area contributed by atoms with Gasteiger partial charge in [0.25, 0.3) is 0 Å². The summed E-state index contributed by atoms with van der Waals surface area (Å²) in [6.45, 7) is -0.925. The third-order valence-electron chi connectivity index (χ3n) is 2.63. The highest BCUT2D eigenvalue weighted by Crippen LogP contribution is 2.29. The van der Waals surface area contributed by atoms with Crippen LogP contribution in [0.4, 0.5) is 8.78 Å². The van der Waals surface area contributed by atoms with Crippen molar-refractivity contribution in [2.75, 3.05) is 20.2 Å². The first-order chi connectivity index (χ1) is 10.9. The second kappa shape index (κ2) is 9.39. The van der Waals surface area contributed by atoms with Crippen molar-refractivity contribution in [1.29, 1.82) is 0 Å². The van der Waals surface area contributed by atoms with E-state index >= 15 is 0 Å². The lowest BCUT2D eigenvalue weighted by atomic mass is 10.2. The van der Waals surface area contributed by atoms with Gasteiger partial charge in [-0.05, 0) is 23.8 Å². The number of hydrogen-bond acceptors (Lipinski definition) is 4. The fourth-order valence-corrected chi connectivity index (χ4v) is 1.64. The number of benzene rings is 1. The minimum absolute atomic E-state index is 0.0839. The Morgan fingerprint density at radius 3 is 2.52 bits per heavy atom. The standard InChI is InChI=1S/C15H18F2N2O4/c1-10(20)18-7-8-19-14(21)6-4-11-3-5-12(23-15(16)17)13(9-11)22-2/h3-6,9,15H,7-8H2,1-2H3,(H,18,20)(H,19,21)/b6-4+. The van der Waals surface area contributed by atoms with Crippen molar-refractivity contribution in [2.24, 2.45) is 0 Å². The Morgan fingerprint density at radius 2 is 1.91 bits per heavy atom. The zero-order valence-electron chi connectivity index (χ0n) is 12.8. The summed E-state index contributed by atoms with van der Waals surface area (Å²) in [5.74, 6) is -0.465. The van der Waals surface area contributed by atoms with Gasteiger partial charge < -0.3 is 20.1 Å². The van der Waals surface area contributed by atoms with E-state index in [9.17, 15) is 18.4 Å². The molecular weight excluding hydrogens is 310 g/mol. The van der Waals surface area contributed by atoms with Crippen molar-refractivity contribution < 1.29 is 27.8 Å². The molecule has 0 saturated heterocycles. The van der Waals surface area contributed by atoms with Gasteiger partial charge >= 0.3 is 6.61 Å². The Morgan fingerprint density at radius 1 is 1.22 bits per heavy atom. The first-order valence-electron chi connectivity index (χ1n) is 6.75. The van der Waals surface area contributed by atoms with Gasteiger partial charge in [0.15, 0.2) is 11.5 Å². The molecule has 0 fully saturated rings. The fraction of sp³-hybridized carbons (Fsp3) is 0.333. The van der Waals surface area contributed by atoms with E-state index < -0.39 is 6.61 Å². The number of nitrogens with one attached hydrogen (secondary N) is 2. The van der Waals surface area contributed by atoms with Gasteiger partial charge in [-0.15, -0.1) is 0 Å². The number of halogens is 2. The maximum Gasteiger partial charge on any atom is 0.387 e. The molecule has 1 aromatic carbocycles. The second-order valence-corrected chi connectivity index (χ2v) is 4.40. The zero-order chi connectivity index (χ0) is 17.2. The molecule has 0 bridgehead atoms. The maximum atomic E-state index is 12.2. The molecule has 126 valence electrons. The average Bonchev–Trinajstić information content (AvgIpc) is 2.49. The number of carbonyl (C=O) groups excluding carboxylic acids is 2. The summed E-state index contributed by atoms with van der Waals surface area (Å²) in [5.41, 5.74) is 0.584. The molecule has 0 saturated carbocycles. The number of methoxy groups -OCH3 is 1. The van der Waals surface area contributed by atoms with Crippen LogP contribution in [0.25, 0.3) is 6.08 Å². The van der Waals surface area contributed by atoms with Crippen molar-refractivity contribution in [1.82, 2.24) is 10.6 Å². The molecule has 0 heterocycles. The number of alkyl halides is 2. The lowest BCUT2D eigenvalue weighted by Gasteiger charge is -2.10. The van der Waals surface area contributed by atoms with Crippen LogP contribution in [0.15, 0.2) is 24.3 Å². The van der Waals surface area contributed by atoms with Gasteiger partial charge in [0, 0.05) is 26.1 Å². The van der Waals surface area contributed by atoms with Crippen LogP contribution >= 0.6 is 0 Å². The normalized spacial score (nSPS) is 10.7. The molecule has 1 aromatic rings. The van der Waals surface area contributed by atoms with Crippen LogP contribution in [0.1, 0.15) is 12.5 Å². The molecular formula is C15H18F2N2O4. The molecule has 0 aliphatic rings. The third-order valence-corrected chi connectivity index (χ3v) is 2.63. The van der Waals surface area contributed by atoms with Gasteiger partial charge in [0.1, 0.15) is 0 Å². The Bertz CT molecular complexity index is 577. The first-order valence-corrected chi connectivity index (χ1v) is 6.75. The highest BCUT2D eigenvalue weighted by Gasteiger charge is 2.10. The molecule has 23 heavy (non-hydrogen) atoms. The van der Waals surface area contributed by atoms with Gasteiger partial charge in [-0.25, -0.2) is 0 Å². The number of rotatable bonds is 8. The van der Waals surface area contributed by atoms with E-state index in [1.54, 1.807) is 0 Å². The number of hydrogen-bond donors (Lipinski definition) is 2. The predicted molar refractivity (Wildman–Crippen MR) is 80.4 cm³/mol. The quantitative estimate of drug-likeness (QED) is 0.561. The van der Waals surface area contributed by atoms with Gasteiger partial charge in [-0.2, -0.15) is 8.78 Å². The van der Waals surface area contributed by atoms with Crippen molar-refractivity contribution in [3.8, 4) is 11.5 Å². The number of amides is 2. The molecule has 6 nitrogen and oxygen atoms in total. The minimum Gasteiger partial charge on any atom is -0.493 e. The monoisotopic (exact) mass is 328 g/mol. The van der Waals surface area contributed by atoms with E-state index in [2.05, 4.69) is 15.4 Å². The molecule has 8 heteroatoms. The fourth-order valence-electron chi connectivity index (χ4n) is 1.64. The molecule has 2 N–H and O–H groups in total. The van der Waals surface area contributed by atoms with Crippen molar-refractivity contribution in [3.63, 3.8) is 0 Å². The highest BCUT2D eigenvalue weighted by molar-refractivity contribution is 5.91. The van der Waals surface area contributed by atoms with Crippen LogP contribution in [0.5, 0.6) is 11.5 Å². The van der Waals surface area contributed by atoms with Gasteiger partial charge in [-0.1, -0.05) is 6.07 Å². The first kappa shape index (κ1) is 18.4. The summed E-state index contributed by atoms with van der Waals surface area (Å²) in [6.07, 6.45) is 2.79. The smallest absolute Gasteiger partial charge is 0.387 e. The van der Waals surface area contributed by atoms with Crippen molar-refractivity contribution in [3.05, 3.63) is 29.8 Å². The van der Waals surface area contributed by atoms with Gasteiger partial charge in [0.2, 0.25) is 11.8 Å². The van der Waals surface area contributed by atoms with Crippen LogP contribution in [-0.2, 0) is 9.59 Å². The van der Waals surface area contributed by atoms with Crippen molar-refractivity contribution >= 4 is 17.9 Å². The molecule has 0 radical (unpaired) electrons. The Kier molecular flexibility index (Phi) is 7.52. The third kappa shape index (κ3) is 7.25. The Labute approximate surface area is 132 Å². The van der Waals surface area contributed by atoms with Crippen LogP contribution in [0, 0.1) is 0 Å². The summed E-state index contributed by atoms with van der Waals surface area (Å²) in [5, 5.41) is 5.12. The van der Waals surface area contributed by atoms with Crippen LogP contribution in [0.3, 0.4) is 0 Å². The molecule has 2 amide bonds. The summed E-state index contributed by atoms with van der Waals surface area (Å²) in [7, 11) is 1.33. The molecule has 0 aliphatic carbocycles. The molecule has 1 rings (SSSR count). The SMILES string of the molecule is COc1cc(/C=C/C(=O)NCCNC(C)=O)ccc1OC(F)F. The van der Waals surface area contributed by atoms with Crippen LogP contribution in [0.2, 0.25) is 0 Å². The molecule has 0 atom stereocenters. The topological polar surface area (TPSA) is 76.7 Å². The average molecular weight is 328 g/mol. The minimum atomic E-state index is -2.94. The number of carbonyl (C=O) groups is 2. The summed E-state index contributed by atoms with van der Waals surface area (Å²) in [4.78, 5) is 22.2. The number of ether oxygens (including phenoxy) is 2. The zero-order valence-corrected chi connectivity index (χ0v) is 12.8. The van der Waals surface area contributed by atoms with Gasteiger partial charge in [-0.3, -0.25) is 9.59 Å². The predicted octanol–water partition coefficient (Wildman–Crippen LogP) is 1.56. The lowest BCUT2D eigenvalue weighted by Crippen LogP contribution is -2.32. The van der Waals surface area contributed by atoms with E-state index in [-0.39, 0.29) is 23.3 Å². The van der Waals surface area contributed by atoms with Gasteiger partial charge in [0.05, 0.1) is 7.11 Å². The largest absolute Gasteiger partial charge is 0.493 e. The van der Waals surface area contributed by atoms with E-state index in [1.165, 1.54) is 44.4 Å². The van der Waals surface area contributed by atoms with Crippen LogP contribution in [-0.4, -0.2) is 38.6 Å². The van der Waals surface area contributed by atoms with Crippen molar-refractivity contribution in [2.45, 2.75) is 13.5 Å². The maximum absolute atomic E-state index is 12.2. The molecule has 0 unspecified atom stereocenters. The van der Waals surface area contributed by atoms with E-state index in [0.29, 0.717) is 18.7 Å². The summed E-state index contributed by atoms with van der Waals surface area (Å²) < 4.78 is 33.7. The van der Waals surface area contributed by atoms with E-state index in [4.69, 9.17) is 4.74 Å². The summed E-state index contributed by atoms with van der Waals surface area (Å²) >= 11 is 0. The molecule has 0 spiro atoms. The molecule has 0 aliphatic heterocycles. The Balaban J connectivity index is 2.58. The highest BCUT2D eigenvalue weighted by atomic mass is 19.3. The second-order valence-electron chi connectivity index (χ2n) is 4.40. The van der Waals surface area contributed by atoms with E-state index in [1.807, 2.05) is 0 Å². The van der Waals surface area contributed by atoms with E-state index in [0.717, 1.165) is 0 Å². The molecule has 0 aromatic heterocycles. The summed E-state index contributed by atoms with van der Waals surface area (Å²) in [6, 6.07) is 4.32.